The second-order valence-electron chi connectivity index (χ2n) is 2.20. The van der Waals surface area contributed by atoms with Crippen LogP contribution in [0, 0.1) is 0 Å². The molecule has 2 nitrogen and oxygen atoms in total. The van der Waals surface area contributed by atoms with Crippen molar-refractivity contribution in [1.29, 1.82) is 0 Å². The lowest BCUT2D eigenvalue weighted by Gasteiger charge is -2.01. The fourth-order valence-corrected chi connectivity index (χ4v) is 0.948. The van der Waals surface area contributed by atoms with E-state index in [-0.39, 0.29) is 0 Å². The van der Waals surface area contributed by atoms with Crippen molar-refractivity contribution in [3.05, 3.63) is 0 Å². The fraction of sp³-hybridized carbons (Fsp3) is 0.833. The van der Waals surface area contributed by atoms with Gasteiger partial charge in [0.05, 0.1) is 5.71 Å². The fourth-order valence-electron chi connectivity index (χ4n) is 0.316. The molecule has 0 fully saturated rings. The molecule has 0 aromatic heterocycles. The first-order valence-corrected chi connectivity index (χ1v) is 4.00. The second-order valence-corrected chi connectivity index (χ2v) is 3.76. The number of hydrogen-bond donors (Lipinski definition) is 1. The molecule has 0 heterocycles. The lowest BCUT2D eigenvalue weighted by molar-refractivity contribution is 0.318. The number of hydrogen-bond acceptors (Lipinski definition) is 3. The lowest BCUT2D eigenvalue weighted by atomic mass is 10.5. The van der Waals surface area contributed by atoms with Crippen LogP contribution in [0.5, 0.6) is 0 Å². The predicted octanol–water partition coefficient (Wildman–Crippen LogP) is 1.98. The minimum atomic E-state index is 0.613. The number of oxime groups is 1. The van der Waals surface area contributed by atoms with Crippen LogP contribution in [0.3, 0.4) is 0 Å². The Labute approximate surface area is 60.3 Å². The van der Waals surface area contributed by atoms with Crippen LogP contribution in [0.1, 0.15) is 20.8 Å². The molecule has 0 atom stereocenters. The Morgan fingerprint density at radius 2 is 2.22 bits per heavy atom. The summed E-state index contributed by atoms with van der Waals surface area (Å²) in [5, 5.41) is 11.9. The topological polar surface area (TPSA) is 32.6 Å². The normalized spacial score (nSPS) is 12.7. The van der Waals surface area contributed by atoms with Crippen LogP contribution < -0.4 is 0 Å². The zero-order valence-corrected chi connectivity index (χ0v) is 6.90. The zero-order chi connectivity index (χ0) is 7.28. The Balaban J connectivity index is 3.28. The smallest absolute Gasteiger partial charge is 0.0638 e. The van der Waals surface area contributed by atoms with Crippen molar-refractivity contribution in [3.63, 3.8) is 0 Å². The molecule has 0 radical (unpaired) electrons. The first kappa shape index (κ1) is 8.82. The van der Waals surface area contributed by atoms with E-state index in [1.54, 1.807) is 11.8 Å². The summed E-state index contributed by atoms with van der Waals surface area (Å²) < 4.78 is 0. The van der Waals surface area contributed by atoms with E-state index in [0.717, 1.165) is 11.5 Å². The zero-order valence-electron chi connectivity index (χ0n) is 6.09. The molecule has 0 aliphatic carbocycles. The van der Waals surface area contributed by atoms with E-state index in [2.05, 4.69) is 19.0 Å². The van der Waals surface area contributed by atoms with Crippen molar-refractivity contribution in [2.75, 3.05) is 5.75 Å². The molecule has 0 rings (SSSR count). The molecule has 0 bridgehead atoms. The average Bonchev–Trinajstić information content (AvgIpc) is 1.83. The molecule has 0 saturated heterocycles. The van der Waals surface area contributed by atoms with Crippen molar-refractivity contribution in [2.45, 2.75) is 26.0 Å². The van der Waals surface area contributed by atoms with Gasteiger partial charge in [-0.05, 0) is 12.2 Å². The quantitative estimate of drug-likeness (QED) is 0.376. The molecule has 0 amide bonds. The molecular weight excluding hydrogens is 134 g/mol. The third kappa shape index (κ3) is 5.69. The SMILES string of the molecule is C/C(CSC(C)C)=N\O. The minimum absolute atomic E-state index is 0.613. The molecule has 0 saturated carbocycles. The molecular formula is C6H13NOS. The minimum Gasteiger partial charge on any atom is -0.411 e. The summed E-state index contributed by atoms with van der Waals surface area (Å²) in [6.07, 6.45) is 0. The molecule has 0 aliphatic heterocycles. The van der Waals surface area contributed by atoms with E-state index in [1.165, 1.54) is 0 Å². The summed E-state index contributed by atoms with van der Waals surface area (Å²) in [6.45, 7) is 6.06. The van der Waals surface area contributed by atoms with Crippen molar-refractivity contribution in [3.8, 4) is 0 Å². The average molecular weight is 147 g/mol. The van der Waals surface area contributed by atoms with Gasteiger partial charge in [-0.1, -0.05) is 19.0 Å². The Bertz CT molecular complexity index is 101. The summed E-state index contributed by atoms with van der Waals surface area (Å²) in [6, 6.07) is 0. The van der Waals surface area contributed by atoms with E-state index in [9.17, 15) is 0 Å². The molecule has 1 N–H and O–H groups in total. The van der Waals surface area contributed by atoms with Crippen molar-refractivity contribution < 1.29 is 5.21 Å². The molecule has 0 aromatic rings. The number of thioether (sulfide) groups is 1. The van der Waals surface area contributed by atoms with Gasteiger partial charge in [0, 0.05) is 5.75 Å². The van der Waals surface area contributed by atoms with Gasteiger partial charge in [0.25, 0.3) is 0 Å². The van der Waals surface area contributed by atoms with Gasteiger partial charge in [0.15, 0.2) is 0 Å². The number of rotatable bonds is 3. The van der Waals surface area contributed by atoms with E-state index in [1.807, 2.05) is 6.92 Å². The van der Waals surface area contributed by atoms with Gasteiger partial charge in [-0.25, -0.2) is 0 Å². The van der Waals surface area contributed by atoms with Crippen LogP contribution in [0.2, 0.25) is 0 Å². The first-order chi connectivity index (χ1) is 4.16. The van der Waals surface area contributed by atoms with Crippen molar-refractivity contribution in [2.24, 2.45) is 5.16 Å². The Morgan fingerprint density at radius 1 is 1.67 bits per heavy atom. The molecule has 54 valence electrons. The van der Waals surface area contributed by atoms with Crippen molar-refractivity contribution >= 4 is 17.5 Å². The van der Waals surface area contributed by atoms with Gasteiger partial charge in [-0.15, -0.1) is 0 Å². The van der Waals surface area contributed by atoms with Gasteiger partial charge in [0.2, 0.25) is 0 Å². The first-order valence-electron chi connectivity index (χ1n) is 2.96. The largest absolute Gasteiger partial charge is 0.411 e. The van der Waals surface area contributed by atoms with Crippen LogP contribution in [0.4, 0.5) is 0 Å². The van der Waals surface area contributed by atoms with E-state index >= 15 is 0 Å². The summed E-state index contributed by atoms with van der Waals surface area (Å²) in [7, 11) is 0. The highest BCUT2D eigenvalue weighted by Crippen LogP contribution is 2.08. The molecule has 9 heavy (non-hydrogen) atoms. The van der Waals surface area contributed by atoms with E-state index < -0.39 is 0 Å². The highest BCUT2D eigenvalue weighted by molar-refractivity contribution is 8.00. The number of nitrogens with zero attached hydrogens (tertiary/aromatic N) is 1. The lowest BCUT2D eigenvalue weighted by Crippen LogP contribution is -1.98. The summed E-state index contributed by atoms with van der Waals surface area (Å²) in [5.74, 6) is 0.828. The Hall–Kier alpha value is -0.180. The van der Waals surface area contributed by atoms with Crippen LogP contribution >= 0.6 is 11.8 Å². The van der Waals surface area contributed by atoms with Crippen LogP contribution in [-0.4, -0.2) is 21.9 Å². The summed E-state index contributed by atoms with van der Waals surface area (Å²) >= 11 is 1.77. The van der Waals surface area contributed by atoms with Gasteiger partial charge in [0.1, 0.15) is 0 Å². The Kier molecular flexibility index (Phi) is 4.58. The highest BCUT2D eigenvalue weighted by Gasteiger charge is 1.95. The molecule has 0 aliphatic rings. The van der Waals surface area contributed by atoms with E-state index in [4.69, 9.17) is 5.21 Å². The molecule has 0 aromatic carbocycles. The Morgan fingerprint density at radius 3 is 2.56 bits per heavy atom. The predicted molar refractivity (Wildman–Crippen MR) is 42.5 cm³/mol. The van der Waals surface area contributed by atoms with Crippen LogP contribution in [0.25, 0.3) is 0 Å². The third-order valence-electron chi connectivity index (χ3n) is 0.796. The highest BCUT2D eigenvalue weighted by atomic mass is 32.2. The second kappa shape index (κ2) is 4.68. The maximum absolute atomic E-state index is 8.22. The van der Waals surface area contributed by atoms with Crippen LogP contribution in [-0.2, 0) is 0 Å². The maximum atomic E-state index is 8.22. The van der Waals surface area contributed by atoms with Gasteiger partial charge in [-0.2, -0.15) is 11.8 Å². The summed E-state index contributed by atoms with van der Waals surface area (Å²) in [5.41, 5.74) is 0.786. The van der Waals surface area contributed by atoms with Gasteiger partial charge in [-0.3, -0.25) is 0 Å². The van der Waals surface area contributed by atoms with Crippen molar-refractivity contribution in [1.82, 2.24) is 0 Å². The third-order valence-corrected chi connectivity index (χ3v) is 2.05. The molecule has 0 unspecified atom stereocenters. The van der Waals surface area contributed by atoms with Gasteiger partial charge < -0.3 is 5.21 Å². The monoisotopic (exact) mass is 147 g/mol. The molecule has 0 spiro atoms. The van der Waals surface area contributed by atoms with E-state index in [0.29, 0.717) is 5.25 Å². The summed E-state index contributed by atoms with van der Waals surface area (Å²) in [4.78, 5) is 0. The van der Waals surface area contributed by atoms with Gasteiger partial charge >= 0.3 is 0 Å². The maximum Gasteiger partial charge on any atom is 0.0638 e. The molecule has 3 heteroatoms. The standard InChI is InChI=1S/C6H13NOS/c1-5(2)9-4-6(3)7-8/h5,8H,4H2,1-3H3/b7-6+. The van der Waals surface area contributed by atoms with Crippen LogP contribution in [0.15, 0.2) is 5.16 Å².